The molecule has 0 fully saturated rings. The lowest BCUT2D eigenvalue weighted by Gasteiger charge is -2.10. The average Bonchev–Trinajstić information content (AvgIpc) is 2.48. The van der Waals surface area contributed by atoms with E-state index in [2.05, 4.69) is 0 Å². The van der Waals surface area contributed by atoms with Gasteiger partial charge in [0.1, 0.15) is 17.2 Å². The van der Waals surface area contributed by atoms with E-state index in [0.29, 0.717) is 17.7 Å². The predicted octanol–water partition coefficient (Wildman–Crippen LogP) is 3.62. The highest BCUT2D eigenvalue weighted by Crippen LogP contribution is 2.28. The minimum absolute atomic E-state index is 0.00972. The van der Waals surface area contributed by atoms with Crippen LogP contribution in [0, 0.1) is 6.92 Å². The third-order valence-electron chi connectivity index (χ3n) is 3.38. The van der Waals surface area contributed by atoms with Crippen molar-refractivity contribution in [1.29, 1.82) is 0 Å². The summed E-state index contributed by atoms with van der Waals surface area (Å²) in [6.07, 6.45) is 1.48. The number of carbonyl (C=O) groups is 1. The molecule has 4 heteroatoms. The summed E-state index contributed by atoms with van der Waals surface area (Å²) < 4.78 is 5.46. The van der Waals surface area contributed by atoms with Gasteiger partial charge in [0.15, 0.2) is 6.61 Å². The summed E-state index contributed by atoms with van der Waals surface area (Å²) in [7, 11) is 0. The molecule has 0 heterocycles. The monoisotopic (exact) mass is 300 g/mol. The van der Waals surface area contributed by atoms with Gasteiger partial charge in [0, 0.05) is 6.07 Å². The van der Waals surface area contributed by atoms with Crippen LogP contribution < -0.4 is 4.74 Å². The van der Waals surface area contributed by atoms with E-state index in [-0.39, 0.29) is 29.5 Å². The minimum Gasteiger partial charge on any atom is -0.508 e. The first-order valence-electron chi connectivity index (χ1n) is 7.28. The highest BCUT2D eigenvalue weighted by atomic mass is 16.5. The lowest BCUT2D eigenvalue weighted by atomic mass is 10.0. The van der Waals surface area contributed by atoms with Gasteiger partial charge >= 0.3 is 0 Å². The molecule has 0 saturated heterocycles. The van der Waals surface area contributed by atoms with Gasteiger partial charge in [-0.3, -0.25) is 4.79 Å². The molecule has 0 aliphatic heterocycles. The summed E-state index contributed by atoms with van der Waals surface area (Å²) in [5, 5.41) is 19.6. The molecule has 116 valence electrons. The summed E-state index contributed by atoms with van der Waals surface area (Å²) in [6, 6.07) is 10.2. The smallest absolute Gasteiger partial charge is 0.203 e. The zero-order valence-electron chi connectivity index (χ0n) is 12.8. The number of hydrogen-bond donors (Lipinski definition) is 2. The summed E-state index contributed by atoms with van der Waals surface area (Å²) >= 11 is 0. The molecule has 0 unspecified atom stereocenters. The zero-order valence-corrected chi connectivity index (χ0v) is 12.8. The van der Waals surface area contributed by atoms with Gasteiger partial charge in [0.2, 0.25) is 5.78 Å². The van der Waals surface area contributed by atoms with E-state index in [1.165, 1.54) is 12.1 Å². The first-order valence-corrected chi connectivity index (χ1v) is 7.28. The molecule has 0 bridgehead atoms. The lowest BCUT2D eigenvalue weighted by molar-refractivity contribution is 0.0918. The Morgan fingerprint density at radius 1 is 1.14 bits per heavy atom. The lowest BCUT2D eigenvalue weighted by Crippen LogP contribution is -2.12. The molecule has 0 radical (unpaired) electrons. The Hall–Kier alpha value is -2.49. The van der Waals surface area contributed by atoms with Gasteiger partial charge in [0.25, 0.3) is 0 Å². The Labute approximate surface area is 130 Å². The summed E-state index contributed by atoms with van der Waals surface area (Å²) in [5.41, 5.74) is 1.87. The van der Waals surface area contributed by atoms with Crippen LogP contribution in [0.5, 0.6) is 17.2 Å². The number of carbonyl (C=O) groups excluding carboxylic acids is 1. The summed E-state index contributed by atoms with van der Waals surface area (Å²) in [4.78, 5) is 12.2. The van der Waals surface area contributed by atoms with Crippen molar-refractivity contribution in [1.82, 2.24) is 0 Å². The van der Waals surface area contributed by atoms with Crippen LogP contribution in [0.4, 0.5) is 0 Å². The van der Waals surface area contributed by atoms with Gasteiger partial charge in [-0.15, -0.1) is 0 Å². The third-order valence-corrected chi connectivity index (χ3v) is 3.38. The first kappa shape index (κ1) is 15.9. The third kappa shape index (κ3) is 3.79. The molecule has 2 aromatic carbocycles. The fourth-order valence-corrected chi connectivity index (χ4v) is 2.25. The number of benzene rings is 2. The Morgan fingerprint density at radius 2 is 1.91 bits per heavy atom. The fourth-order valence-electron chi connectivity index (χ4n) is 2.25. The molecular weight excluding hydrogens is 280 g/mol. The SMILES string of the molecule is CCCc1cc(C(=O)COc2cccc(C)c2)c(O)cc1O. The summed E-state index contributed by atoms with van der Waals surface area (Å²) in [5.74, 6) is 0.0717. The predicted molar refractivity (Wildman–Crippen MR) is 84.8 cm³/mol. The summed E-state index contributed by atoms with van der Waals surface area (Å²) in [6.45, 7) is 3.76. The van der Waals surface area contributed by atoms with E-state index in [9.17, 15) is 15.0 Å². The van der Waals surface area contributed by atoms with Gasteiger partial charge in [-0.2, -0.15) is 0 Å². The molecule has 2 rings (SSSR count). The van der Waals surface area contributed by atoms with Crippen molar-refractivity contribution >= 4 is 5.78 Å². The van der Waals surface area contributed by atoms with Gasteiger partial charge in [-0.25, -0.2) is 0 Å². The minimum atomic E-state index is -0.323. The molecule has 0 amide bonds. The Balaban J connectivity index is 2.13. The molecule has 0 saturated carbocycles. The second kappa shape index (κ2) is 6.98. The molecule has 0 spiro atoms. The highest BCUT2D eigenvalue weighted by Gasteiger charge is 2.15. The normalized spacial score (nSPS) is 10.5. The van der Waals surface area contributed by atoms with Crippen LogP contribution in [-0.4, -0.2) is 22.6 Å². The van der Waals surface area contributed by atoms with E-state index >= 15 is 0 Å². The quantitative estimate of drug-likeness (QED) is 0.800. The van der Waals surface area contributed by atoms with E-state index in [1.807, 2.05) is 32.0 Å². The topological polar surface area (TPSA) is 66.8 Å². The highest BCUT2D eigenvalue weighted by molar-refractivity contribution is 6.00. The van der Waals surface area contributed by atoms with Crippen LogP contribution in [0.15, 0.2) is 36.4 Å². The largest absolute Gasteiger partial charge is 0.508 e. The van der Waals surface area contributed by atoms with Crippen LogP contribution >= 0.6 is 0 Å². The van der Waals surface area contributed by atoms with Crippen molar-refractivity contribution in [2.75, 3.05) is 6.61 Å². The number of phenolic OH excluding ortho intramolecular Hbond substituents is 2. The van der Waals surface area contributed by atoms with Crippen molar-refractivity contribution in [3.05, 3.63) is 53.1 Å². The van der Waals surface area contributed by atoms with Crippen molar-refractivity contribution in [2.45, 2.75) is 26.7 Å². The van der Waals surface area contributed by atoms with Crippen molar-refractivity contribution in [3.8, 4) is 17.2 Å². The molecule has 4 nitrogen and oxygen atoms in total. The Bertz CT molecular complexity index is 677. The second-order valence-electron chi connectivity index (χ2n) is 5.28. The van der Waals surface area contributed by atoms with Crippen molar-refractivity contribution < 1.29 is 19.7 Å². The standard InChI is InChI=1S/C18H20O4/c1-3-5-13-9-15(17(20)10-16(13)19)18(21)11-22-14-7-4-6-12(2)8-14/h4,6-10,19-20H,3,5,11H2,1-2H3. The van der Waals surface area contributed by atoms with E-state index in [0.717, 1.165) is 12.0 Å². The van der Waals surface area contributed by atoms with Gasteiger partial charge in [-0.05, 0) is 42.7 Å². The number of hydrogen-bond acceptors (Lipinski definition) is 4. The maximum absolute atomic E-state index is 12.2. The first-order chi connectivity index (χ1) is 10.5. The molecule has 0 aliphatic rings. The van der Waals surface area contributed by atoms with Crippen molar-refractivity contribution in [3.63, 3.8) is 0 Å². The van der Waals surface area contributed by atoms with E-state index in [4.69, 9.17) is 4.74 Å². The van der Waals surface area contributed by atoms with Crippen LogP contribution in [0.2, 0.25) is 0 Å². The average molecular weight is 300 g/mol. The zero-order chi connectivity index (χ0) is 16.1. The van der Waals surface area contributed by atoms with Crippen molar-refractivity contribution in [2.24, 2.45) is 0 Å². The van der Waals surface area contributed by atoms with Gasteiger partial charge in [0.05, 0.1) is 5.56 Å². The second-order valence-corrected chi connectivity index (χ2v) is 5.28. The van der Waals surface area contributed by atoms with Crippen LogP contribution in [0.25, 0.3) is 0 Å². The molecule has 0 aliphatic carbocycles. The molecule has 2 aromatic rings. The van der Waals surface area contributed by atoms with Gasteiger partial charge < -0.3 is 14.9 Å². The number of aryl methyl sites for hydroxylation is 2. The Morgan fingerprint density at radius 3 is 2.59 bits per heavy atom. The van der Waals surface area contributed by atoms with E-state index < -0.39 is 0 Å². The molecule has 0 aromatic heterocycles. The number of rotatable bonds is 6. The van der Waals surface area contributed by atoms with Crippen LogP contribution in [0.1, 0.15) is 34.8 Å². The molecular formula is C18H20O4. The van der Waals surface area contributed by atoms with E-state index in [1.54, 1.807) is 6.07 Å². The van der Waals surface area contributed by atoms with Crippen LogP contribution in [0.3, 0.4) is 0 Å². The number of ether oxygens (including phenoxy) is 1. The number of Topliss-reactive ketones (excluding diaryl/α,β-unsaturated/α-hetero) is 1. The number of ketones is 1. The molecule has 2 N–H and O–H groups in total. The maximum atomic E-state index is 12.2. The maximum Gasteiger partial charge on any atom is 0.203 e. The number of phenols is 2. The molecule has 22 heavy (non-hydrogen) atoms. The Kier molecular flexibility index (Phi) is 5.04. The molecule has 0 atom stereocenters. The van der Waals surface area contributed by atoms with Crippen LogP contribution in [-0.2, 0) is 6.42 Å². The van der Waals surface area contributed by atoms with Gasteiger partial charge in [-0.1, -0.05) is 25.5 Å². The fraction of sp³-hybridized carbons (Fsp3) is 0.278. The number of aromatic hydroxyl groups is 2.